The number of carbonyl (C=O) groups excluding carboxylic acids is 4. The van der Waals surface area contributed by atoms with Crippen molar-refractivity contribution >= 4 is 23.9 Å². The van der Waals surface area contributed by atoms with E-state index < -0.39 is 24.1 Å². The van der Waals surface area contributed by atoms with E-state index in [0.29, 0.717) is 48.4 Å². The summed E-state index contributed by atoms with van der Waals surface area (Å²) in [6.45, 7) is 75.5. The largest absolute Gasteiger partial charge is 0.508 e. The highest BCUT2D eigenvalue weighted by Gasteiger charge is 2.07. The number of hydrogen-bond donors (Lipinski definition) is 3. The zero-order valence-electron chi connectivity index (χ0n) is 64.1. The first-order chi connectivity index (χ1) is 42.5. The van der Waals surface area contributed by atoms with Crippen LogP contribution in [0.25, 0.3) is 0 Å². The van der Waals surface area contributed by atoms with Crippen molar-refractivity contribution in [2.24, 2.45) is 17.3 Å². The van der Waals surface area contributed by atoms with Crippen LogP contribution in [-0.4, -0.2) is 77.8 Å². The van der Waals surface area contributed by atoms with Crippen LogP contribution in [0.5, 0.6) is 5.75 Å². The van der Waals surface area contributed by atoms with Crippen molar-refractivity contribution in [2.45, 2.75) is 252 Å². The SMILES string of the molecule is C=C(C)C(=O)OCC(O)CC.C=C(C)C(=O)OCCC.C=CC(=O)OCC(O)CC.C=CC(=O)OCCC.CC.CC.CC.CC.CC(C)(C)C.CC(C)C.CCC(C)C.Cc1ccc(C)cc1.Cc1ccc(O)cc1.Cc1cccc(C)c1.Cc1ccccc1. The second-order valence-corrected chi connectivity index (χ2v) is 22.0. The van der Waals surface area contributed by atoms with Gasteiger partial charge < -0.3 is 34.3 Å². The van der Waals surface area contributed by atoms with Crippen molar-refractivity contribution in [3.8, 4) is 5.75 Å². The van der Waals surface area contributed by atoms with Crippen LogP contribution >= 0.6 is 0 Å². The van der Waals surface area contributed by atoms with E-state index in [1.807, 2.05) is 120 Å². The van der Waals surface area contributed by atoms with Crippen molar-refractivity contribution < 1.29 is 53.4 Å². The molecule has 528 valence electrons. The van der Waals surface area contributed by atoms with Crippen LogP contribution in [0.2, 0.25) is 0 Å². The second-order valence-electron chi connectivity index (χ2n) is 22.0. The molecule has 0 heterocycles. The standard InChI is InChI=1S/C8H14O3.2C8H10.C7H12O3.C7H12O2.C7H8O.C7H8.C6H10O2.2C5H12.C4H10.4C2H6/c1-4-7(9)5-11-8(10)6(2)3;1-7-3-5-8(2)6-4-7;1-7-4-3-5-8(2)6-7;1-3-6(8)5-10-7(9)4-2;1-4-5-9-7(8)6(2)3;1-6-2-4-7(8)5-3-6;1-7-5-3-2-4-6-7;1-3-5-8-6(7)4-2;1-5(2,3)4;1-4-5(2)3;1-4(2)3;4*1-2/h7,9H,2,4-5H2,1,3H3;2*3-6H,1-2H3;4,6,8H,2-3,5H2,1H3;2,4-5H2,1,3H3;2-5,8H,1H3;2-6H,1H3;4H,2-3,5H2,1H3;1-4H3;5H,4H2,1-3H3;4H,1-3H3;4*1-2H3. The van der Waals surface area contributed by atoms with Gasteiger partial charge in [-0.05, 0) is 110 Å². The molecule has 2 unspecified atom stereocenters. The number of ether oxygens (including phenoxy) is 4. The lowest BCUT2D eigenvalue weighted by molar-refractivity contribution is -0.142. The zero-order chi connectivity index (χ0) is 73.9. The third kappa shape index (κ3) is 122. The summed E-state index contributed by atoms with van der Waals surface area (Å²) >= 11 is 0. The Bertz CT molecular complexity index is 2070. The van der Waals surface area contributed by atoms with Gasteiger partial charge in [0, 0.05) is 23.3 Å². The highest BCUT2D eigenvalue weighted by Crippen LogP contribution is 2.09. The van der Waals surface area contributed by atoms with Crippen molar-refractivity contribution in [3.05, 3.63) is 186 Å². The number of phenols is 1. The van der Waals surface area contributed by atoms with Gasteiger partial charge in [-0.3, -0.25) is 0 Å². The number of esters is 4. The molecule has 3 N–H and O–H groups in total. The summed E-state index contributed by atoms with van der Waals surface area (Å²) in [7, 11) is 0. The van der Waals surface area contributed by atoms with Gasteiger partial charge in [-0.2, -0.15) is 0 Å². The highest BCUT2D eigenvalue weighted by atomic mass is 16.5. The molecule has 91 heavy (non-hydrogen) atoms. The van der Waals surface area contributed by atoms with Gasteiger partial charge in [-0.1, -0.05) is 309 Å². The van der Waals surface area contributed by atoms with Gasteiger partial charge >= 0.3 is 23.9 Å². The Morgan fingerprint density at radius 2 is 0.714 bits per heavy atom. The number of benzene rings is 4. The minimum Gasteiger partial charge on any atom is -0.508 e. The van der Waals surface area contributed by atoms with E-state index in [-0.39, 0.29) is 25.2 Å². The van der Waals surface area contributed by atoms with E-state index in [1.165, 1.54) is 39.8 Å². The number of hydrogen-bond acceptors (Lipinski definition) is 11. The molecule has 11 heteroatoms. The van der Waals surface area contributed by atoms with Crippen molar-refractivity contribution in [2.75, 3.05) is 26.4 Å². The average Bonchev–Trinajstić information content (AvgIpc) is 3.56. The summed E-state index contributed by atoms with van der Waals surface area (Å²) in [4.78, 5) is 41.9. The molecule has 0 saturated heterocycles. The predicted molar refractivity (Wildman–Crippen MR) is 399 cm³/mol. The fraction of sp³-hybridized carbons (Fsp3) is 0.550. The molecular weight excluding hydrogens is 1140 g/mol. The monoisotopic (exact) mass is 1280 g/mol. The molecule has 11 nitrogen and oxygen atoms in total. The Labute approximate surface area is 562 Å². The lowest BCUT2D eigenvalue weighted by Crippen LogP contribution is -2.17. The lowest BCUT2D eigenvalue weighted by Gasteiger charge is -2.07. The molecule has 4 aromatic carbocycles. The van der Waals surface area contributed by atoms with E-state index in [1.54, 1.807) is 26.0 Å². The number of aryl methyl sites for hydroxylation is 6. The number of aliphatic hydroxyl groups excluding tert-OH is 2. The number of aliphatic hydroxyl groups is 2. The van der Waals surface area contributed by atoms with E-state index in [2.05, 4.69) is 205 Å². The van der Waals surface area contributed by atoms with Crippen LogP contribution < -0.4 is 0 Å². The molecule has 0 aromatic heterocycles. The summed E-state index contributed by atoms with van der Waals surface area (Å²) < 4.78 is 18.5. The maximum Gasteiger partial charge on any atom is 0.333 e. The van der Waals surface area contributed by atoms with Crippen molar-refractivity contribution in [3.63, 3.8) is 0 Å². The van der Waals surface area contributed by atoms with Gasteiger partial charge in [0.1, 0.15) is 19.0 Å². The Kier molecular flexibility index (Phi) is 99.9. The Hall–Kier alpha value is -6.56. The second kappa shape index (κ2) is 83.4. The summed E-state index contributed by atoms with van der Waals surface area (Å²) in [5, 5.41) is 26.6. The van der Waals surface area contributed by atoms with Gasteiger partial charge in [-0.25, -0.2) is 19.2 Å². The molecule has 0 bridgehead atoms. The molecule has 2 atom stereocenters. The van der Waals surface area contributed by atoms with E-state index >= 15 is 0 Å². The lowest BCUT2D eigenvalue weighted by atomic mass is 10.0. The molecule has 0 saturated carbocycles. The Morgan fingerprint density at radius 1 is 0.451 bits per heavy atom. The Balaban J connectivity index is -0.0000000856. The first-order valence-electron chi connectivity index (χ1n) is 33.0. The summed E-state index contributed by atoms with van der Waals surface area (Å²) in [6, 6.07) is 34.3. The molecular formula is C80H142O11. The van der Waals surface area contributed by atoms with Crippen LogP contribution in [-0.2, 0) is 38.1 Å². The molecule has 4 aromatic rings. The third-order valence-electron chi connectivity index (χ3n) is 8.87. The number of carbonyl (C=O) groups is 4. The minimum absolute atomic E-state index is 0.0569. The molecule has 0 fully saturated rings. The topological polar surface area (TPSA) is 166 Å². The number of rotatable bonds is 15. The van der Waals surface area contributed by atoms with Gasteiger partial charge in [-0.15, -0.1) is 0 Å². The van der Waals surface area contributed by atoms with E-state index in [9.17, 15) is 19.2 Å². The normalized spacial score (nSPS) is 9.34. The molecule has 0 radical (unpaired) electrons. The van der Waals surface area contributed by atoms with Gasteiger partial charge in [0.2, 0.25) is 0 Å². The van der Waals surface area contributed by atoms with Crippen LogP contribution in [0.15, 0.2) is 153 Å². The zero-order valence-corrected chi connectivity index (χ0v) is 64.1. The van der Waals surface area contributed by atoms with Crippen molar-refractivity contribution in [1.82, 2.24) is 0 Å². The molecule has 4 rings (SSSR count). The first kappa shape index (κ1) is 109. The van der Waals surface area contributed by atoms with Gasteiger partial charge in [0.05, 0.1) is 25.4 Å². The summed E-state index contributed by atoms with van der Waals surface area (Å²) in [6.07, 6.45) is 5.33. The van der Waals surface area contributed by atoms with Crippen molar-refractivity contribution in [1.29, 1.82) is 0 Å². The fourth-order valence-corrected chi connectivity index (χ4v) is 3.87. The summed E-state index contributed by atoms with van der Waals surface area (Å²) in [5.74, 6) is 0.472. The molecule has 0 aliphatic heterocycles. The van der Waals surface area contributed by atoms with Crippen LogP contribution in [0.3, 0.4) is 0 Å². The molecule has 0 aliphatic rings. The fourth-order valence-electron chi connectivity index (χ4n) is 3.87. The maximum absolute atomic E-state index is 10.7. The number of aromatic hydroxyl groups is 1. The first-order valence-corrected chi connectivity index (χ1v) is 33.0. The van der Waals surface area contributed by atoms with Gasteiger partial charge in [0.15, 0.2) is 0 Å². The smallest absolute Gasteiger partial charge is 0.333 e. The minimum atomic E-state index is -0.557. The quantitative estimate of drug-likeness (QED) is 0.0589. The highest BCUT2D eigenvalue weighted by molar-refractivity contribution is 5.87. The molecule has 0 spiro atoms. The molecule has 0 aliphatic carbocycles. The number of phenolic OH excluding ortho intramolecular Hbond substituents is 1. The average molecular weight is 1280 g/mol. The van der Waals surface area contributed by atoms with E-state index in [4.69, 9.17) is 20.1 Å². The van der Waals surface area contributed by atoms with Crippen LogP contribution in [0.1, 0.15) is 232 Å². The maximum atomic E-state index is 10.7. The molecule has 0 amide bonds. The van der Waals surface area contributed by atoms with Gasteiger partial charge in [0.25, 0.3) is 0 Å². The Morgan fingerprint density at radius 3 is 0.945 bits per heavy atom. The van der Waals surface area contributed by atoms with E-state index in [0.717, 1.165) is 36.8 Å². The third-order valence-corrected chi connectivity index (χ3v) is 8.87. The van der Waals surface area contributed by atoms with Crippen LogP contribution in [0, 0.1) is 58.8 Å². The van der Waals surface area contributed by atoms with Crippen LogP contribution in [0.4, 0.5) is 0 Å². The summed E-state index contributed by atoms with van der Waals surface area (Å²) in [5.41, 5.74) is 9.14. The predicted octanol–water partition coefficient (Wildman–Crippen LogP) is 22.2.